The molecule has 9 nitrogen and oxygen atoms in total. The molecule has 0 spiro atoms. The molecule has 0 bridgehead atoms. The van der Waals surface area contributed by atoms with E-state index in [0.29, 0.717) is 36.2 Å². The number of nitrogens with zero attached hydrogens (tertiary/aromatic N) is 1. The van der Waals surface area contributed by atoms with Gasteiger partial charge in [0.2, 0.25) is 5.75 Å². The molecule has 10 heteroatoms. The third-order valence-electron chi connectivity index (χ3n) is 4.56. The highest BCUT2D eigenvalue weighted by Gasteiger charge is 2.18. The third kappa shape index (κ3) is 8.77. The van der Waals surface area contributed by atoms with E-state index in [4.69, 9.17) is 24.4 Å². The number of piperidine rings is 1. The summed E-state index contributed by atoms with van der Waals surface area (Å²) in [6.45, 7) is 4.42. The maximum absolute atomic E-state index is 14.1. The monoisotopic (exact) mass is 462 g/mol. The van der Waals surface area contributed by atoms with E-state index in [1.807, 2.05) is 13.0 Å². The maximum atomic E-state index is 14.1. The van der Waals surface area contributed by atoms with Gasteiger partial charge in [-0.15, -0.1) is 0 Å². The molecule has 1 aromatic heterocycles. The van der Waals surface area contributed by atoms with Crippen LogP contribution in [0.15, 0.2) is 42.5 Å². The first kappa shape index (κ1) is 25.6. The summed E-state index contributed by atoms with van der Waals surface area (Å²) >= 11 is 0. The van der Waals surface area contributed by atoms with Gasteiger partial charge in [0.15, 0.2) is 17.3 Å². The van der Waals surface area contributed by atoms with E-state index in [1.165, 1.54) is 13.2 Å². The van der Waals surface area contributed by atoms with Crippen LogP contribution in [0.25, 0.3) is 0 Å². The zero-order valence-corrected chi connectivity index (χ0v) is 18.4. The summed E-state index contributed by atoms with van der Waals surface area (Å²) in [4.78, 5) is 23.5. The highest BCUT2D eigenvalue weighted by atomic mass is 19.1. The zero-order chi connectivity index (χ0) is 24.2. The van der Waals surface area contributed by atoms with Gasteiger partial charge in [-0.2, -0.15) is 0 Å². The fourth-order valence-electron chi connectivity index (χ4n) is 2.97. The van der Waals surface area contributed by atoms with Crippen LogP contribution in [0, 0.1) is 18.7 Å². The summed E-state index contributed by atoms with van der Waals surface area (Å²) in [5, 5.41) is 19.0. The van der Waals surface area contributed by atoms with Crippen LogP contribution in [-0.2, 0) is 9.59 Å². The number of aromatic nitrogens is 1. The summed E-state index contributed by atoms with van der Waals surface area (Å²) in [7, 11) is 1.47. The predicted octanol–water partition coefficient (Wildman–Crippen LogP) is 3.42. The summed E-state index contributed by atoms with van der Waals surface area (Å²) in [6.07, 6.45) is 3.39. The van der Waals surface area contributed by atoms with Gasteiger partial charge in [0, 0.05) is 30.3 Å². The Hall–Kier alpha value is -3.66. The van der Waals surface area contributed by atoms with E-state index in [0.717, 1.165) is 31.6 Å². The number of carboxylic acids is 2. The molecule has 0 unspecified atom stereocenters. The Bertz CT molecular complexity index is 959. The zero-order valence-electron chi connectivity index (χ0n) is 18.4. The molecule has 1 fully saturated rings. The van der Waals surface area contributed by atoms with Crippen molar-refractivity contribution in [1.29, 1.82) is 0 Å². The van der Waals surface area contributed by atoms with Gasteiger partial charge in [0.1, 0.15) is 0 Å². The molecule has 178 valence electrons. The lowest BCUT2D eigenvalue weighted by Gasteiger charge is -2.23. The number of benzene rings is 1. The minimum Gasteiger partial charge on any atom is -0.493 e. The molecule has 1 aliphatic rings. The first-order valence-corrected chi connectivity index (χ1v) is 10.3. The maximum Gasteiger partial charge on any atom is 0.328 e. The average molecular weight is 462 g/mol. The fourth-order valence-corrected chi connectivity index (χ4v) is 2.97. The Labute approximate surface area is 190 Å². The second-order valence-corrected chi connectivity index (χ2v) is 7.16. The number of aliphatic carboxylic acids is 2. The molecular weight excluding hydrogens is 435 g/mol. The van der Waals surface area contributed by atoms with Crippen LogP contribution in [0.5, 0.6) is 23.1 Å². The number of hydrogen-bond donors (Lipinski definition) is 3. The minimum atomic E-state index is -1.26. The van der Waals surface area contributed by atoms with Gasteiger partial charge in [-0.05, 0) is 50.6 Å². The quantitative estimate of drug-likeness (QED) is 0.506. The fraction of sp³-hybridized carbons (Fsp3) is 0.348. The summed E-state index contributed by atoms with van der Waals surface area (Å²) < 4.78 is 31.0. The molecule has 0 aliphatic carbocycles. The van der Waals surface area contributed by atoms with Crippen LogP contribution in [0.3, 0.4) is 0 Å². The summed E-state index contributed by atoms with van der Waals surface area (Å²) in [5.74, 6) is -1.51. The first-order chi connectivity index (χ1) is 15.8. The number of para-hydroxylation sites is 1. The number of pyridine rings is 1. The van der Waals surface area contributed by atoms with Crippen LogP contribution in [0.1, 0.15) is 18.5 Å². The SMILES string of the molecule is COc1cccc(F)c1Oc1nc(C)ccc1OC[C@H]1CCCNC1.O=C(O)/C=C/C(=O)O. The third-order valence-corrected chi connectivity index (χ3v) is 4.56. The minimum absolute atomic E-state index is 0.00674. The van der Waals surface area contributed by atoms with Gasteiger partial charge in [0.05, 0.1) is 13.7 Å². The normalized spacial score (nSPS) is 15.3. The largest absolute Gasteiger partial charge is 0.493 e. The number of nitrogens with one attached hydrogen (secondary N) is 1. The number of aryl methyl sites for hydroxylation is 1. The number of ether oxygens (including phenoxy) is 3. The van der Waals surface area contributed by atoms with Gasteiger partial charge in [-0.1, -0.05) is 6.07 Å². The van der Waals surface area contributed by atoms with Crippen molar-refractivity contribution >= 4 is 11.9 Å². The van der Waals surface area contributed by atoms with Gasteiger partial charge in [-0.25, -0.2) is 19.0 Å². The van der Waals surface area contributed by atoms with Crippen molar-refractivity contribution < 1.29 is 38.4 Å². The lowest BCUT2D eigenvalue weighted by molar-refractivity contribution is -0.134. The van der Waals surface area contributed by atoms with Crippen LogP contribution >= 0.6 is 0 Å². The van der Waals surface area contributed by atoms with Gasteiger partial charge < -0.3 is 29.7 Å². The van der Waals surface area contributed by atoms with Crippen LogP contribution < -0.4 is 19.5 Å². The Morgan fingerprint density at radius 2 is 1.91 bits per heavy atom. The Balaban J connectivity index is 0.000000414. The van der Waals surface area contributed by atoms with Crippen molar-refractivity contribution in [2.75, 3.05) is 26.8 Å². The lowest BCUT2D eigenvalue weighted by Crippen LogP contribution is -2.33. The van der Waals surface area contributed by atoms with Crippen LogP contribution in [-0.4, -0.2) is 53.9 Å². The van der Waals surface area contributed by atoms with E-state index < -0.39 is 17.8 Å². The van der Waals surface area contributed by atoms with E-state index in [-0.39, 0.29) is 11.6 Å². The van der Waals surface area contributed by atoms with E-state index in [9.17, 15) is 14.0 Å². The molecule has 3 N–H and O–H groups in total. The Morgan fingerprint density at radius 1 is 1.18 bits per heavy atom. The standard InChI is InChI=1S/C19H23FN2O3.C4H4O4/c1-13-8-9-17(24-12-14-5-4-10-21-11-14)19(22-13)25-18-15(20)6-3-7-16(18)23-2;5-3(6)1-2-4(7)8/h3,6-9,14,21H,4-5,10-12H2,1-2H3;1-2H,(H,5,6)(H,7,8)/b;2-1+/t14-;/m0./s1. The van der Waals surface area contributed by atoms with Crippen molar-refractivity contribution in [3.05, 3.63) is 54.0 Å². The number of rotatable bonds is 8. The molecule has 0 amide bonds. The lowest BCUT2D eigenvalue weighted by atomic mass is 10.0. The summed E-state index contributed by atoms with van der Waals surface area (Å²) in [5.41, 5.74) is 0.761. The second kappa shape index (κ2) is 13.0. The molecular formula is C23H27FN2O7. The highest BCUT2D eigenvalue weighted by molar-refractivity contribution is 5.89. The smallest absolute Gasteiger partial charge is 0.328 e. The van der Waals surface area contributed by atoms with Crippen LogP contribution in [0.4, 0.5) is 4.39 Å². The first-order valence-electron chi connectivity index (χ1n) is 10.3. The Morgan fingerprint density at radius 3 is 2.52 bits per heavy atom. The molecule has 0 saturated carbocycles. The number of halogens is 1. The number of carbonyl (C=O) groups is 2. The molecule has 1 aliphatic heterocycles. The Kier molecular flexibility index (Phi) is 10.1. The molecule has 1 saturated heterocycles. The topological polar surface area (TPSA) is 127 Å². The number of hydrogen-bond acceptors (Lipinski definition) is 7. The van der Waals surface area contributed by atoms with E-state index >= 15 is 0 Å². The van der Waals surface area contributed by atoms with Crippen molar-refractivity contribution in [3.63, 3.8) is 0 Å². The van der Waals surface area contributed by atoms with E-state index in [2.05, 4.69) is 10.3 Å². The van der Waals surface area contributed by atoms with Gasteiger partial charge >= 0.3 is 11.9 Å². The van der Waals surface area contributed by atoms with Gasteiger partial charge in [-0.3, -0.25) is 0 Å². The molecule has 0 radical (unpaired) electrons. The van der Waals surface area contributed by atoms with Crippen molar-refractivity contribution in [2.24, 2.45) is 5.92 Å². The molecule has 33 heavy (non-hydrogen) atoms. The van der Waals surface area contributed by atoms with Crippen molar-refractivity contribution in [1.82, 2.24) is 10.3 Å². The molecule has 1 atom stereocenters. The molecule has 3 rings (SSSR count). The molecule has 2 aromatic rings. The van der Waals surface area contributed by atoms with Gasteiger partial charge in [0.25, 0.3) is 5.88 Å². The average Bonchev–Trinajstić information content (AvgIpc) is 2.79. The highest BCUT2D eigenvalue weighted by Crippen LogP contribution is 2.37. The molecule has 1 aromatic carbocycles. The van der Waals surface area contributed by atoms with Crippen molar-refractivity contribution in [2.45, 2.75) is 19.8 Å². The van der Waals surface area contributed by atoms with Crippen molar-refractivity contribution in [3.8, 4) is 23.1 Å². The van der Waals surface area contributed by atoms with Crippen LogP contribution in [0.2, 0.25) is 0 Å². The number of carboxylic acid groups (broad SMARTS) is 2. The molecule has 2 heterocycles. The summed E-state index contributed by atoms with van der Waals surface area (Å²) in [6, 6.07) is 8.18. The van der Waals surface area contributed by atoms with E-state index in [1.54, 1.807) is 18.2 Å². The predicted molar refractivity (Wildman–Crippen MR) is 118 cm³/mol. The number of methoxy groups -OCH3 is 1. The second-order valence-electron chi connectivity index (χ2n) is 7.16.